The minimum Gasteiger partial charge on any atom is -0.481 e. The van der Waals surface area contributed by atoms with E-state index in [1.165, 1.54) is 6.20 Å². The number of aliphatic carboxylic acids is 1. The summed E-state index contributed by atoms with van der Waals surface area (Å²) >= 11 is 0. The lowest BCUT2D eigenvalue weighted by atomic mass is 9.98. The second-order valence-electron chi connectivity index (χ2n) is 5.22. The molecule has 1 rings (SSSR count). The number of hydrogen-bond donors (Lipinski definition) is 2. The van der Waals surface area contributed by atoms with E-state index in [0.717, 1.165) is 0 Å². The maximum Gasteiger partial charge on any atom is 0.303 e. The van der Waals surface area contributed by atoms with Gasteiger partial charge in [-0.2, -0.15) is 0 Å². The van der Waals surface area contributed by atoms with Crippen LogP contribution in [0.1, 0.15) is 33.6 Å². The van der Waals surface area contributed by atoms with Gasteiger partial charge < -0.3 is 15.2 Å². The number of pyridine rings is 1. The van der Waals surface area contributed by atoms with Crippen molar-refractivity contribution >= 4 is 11.9 Å². The highest BCUT2D eigenvalue weighted by Gasteiger charge is 2.25. The van der Waals surface area contributed by atoms with Crippen molar-refractivity contribution in [1.29, 1.82) is 0 Å². The molecule has 20 heavy (non-hydrogen) atoms. The number of hydrogen-bond acceptors (Lipinski definition) is 4. The van der Waals surface area contributed by atoms with Crippen LogP contribution in [0, 0.1) is 0 Å². The van der Waals surface area contributed by atoms with Gasteiger partial charge in [-0.15, -0.1) is 0 Å². The first-order chi connectivity index (χ1) is 9.30. The van der Waals surface area contributed by atoms with Crippen LogP contribution in [-0.2, 0) is 9.59 Å². The predicted molar refractivity (Wildman–Crippen MR) is 73.4 cm³/mol. The minimum absolute atomic E-state index is 0.00508. The molecule has 1 heterocycles. The highest BCUT2D eigenvalue weighted by Crippen LogP contribution is 2.13. The summed E-state index contributed by atoms with van der Waals surface area (Å²) in [5, 5.41) is 11.5. The quantitative estimate of drug-likeness (QED) is 0.792. The van der Waals surface area contributed by atoms with E-state index in [0.29, 0.717) is 12.2 Å². The van der Waals surface area contributed by atoms with Crippen LogP contribution in [0.2, 0.25) is 0 Å². The first-order valence-corrected chi connectivity index (χ1v) is 6.41. The van der Waals surface area contributed by atoms with E-state index in [2.05, 4.69) is 10.3 Å². The summed E-state index contributed by atoms with van der Waals surface area (Å²) < 4.78 is 5.46. The van der Waals surface area contributed by atoms with E-state index < -0.39 is 17.6 Å². The van der Waals surface area contributed by atoms with Gasteiger partial charge in [0.25, 0.3) is 5.91 Å². The van der Waals surface area contributed by atoms with Crippen LogP contribution >= 0.6 is 0 Å². The molecule has 1 amide bonds. The van der Waals surface area contributed by atoms with Gasteiger partial charge in [0.15, 0.2) is 6.10 Å². The average Bonchev–Trinajstić information content (AvgIpc) is 2.37. The van der Waals surface area contributed by atoms with E-state index >= 15 is 0 Å². The fraction of sp³-hybridized carbons (Fsp3) is 0.500. The molecule has 0 fully saturated rings. The van der Waals surface area contributed by atoms with Crippen LogP contribution in [0.25, 0.3) is 0 Å². The van der Waals surface area contributed by atoms with Crippen LogP contribution in [0.4, 0.5) is 0 Å². The smallest absolute Gasteiger partial charge is 0.303 e. The molecule has 0 saturated heterocycles. The highest BCUT2D eigenvalue weighted by atomic mass is 16.5. The largest absolute Gasteiger partial charge is 0.481 e. The first kappa shape index (κ1) is 15.9. The topological polar surface area (TPSA) is 88.5 Å². The third-order valence-corrected chi connectivity index (χ3v) is 2.74. The van der Waals surface area contributed by atoms with Gasteiger partial charge in [0.1, 0.15) is 5.75 Å². The molecule has 6 heteroatoms. The molecule has 2 N–H and O–H groups in total. The van der Waals surface area contributed by atoms with E-state index in [4.69, 9.17) is 9.84 Å². The maximum absolute atomic E-state index is 12.0. The van der Waals surface area contributed by atoms with Crippen LogP contribution in [0.5, 0.6) is 5.75 Å². The highest BCUT2D eigenvalue weighted by molar-refractivity contribution is 5.81. The van der Waals surface area contributed by atoms with Gasteiger partial charge in [-0.25, -0.2) is 0 Å². The molecule has 0 aromatic carbocycles. The van der Waals surface area contributed by atoms with Crippen molar-refractivity contribution in [3.8, 4) is 5.75 Å². The molecule has 0 spiro atoms. The van der Waals surface area contributed by atoms with Crippen LogP contribution in [-0.4, -0.2) is 33.6 Å². The molecule has 0 aliphatic heterocycles. The molecule has 0 aliphatic rings. The second kappa shape index (κ2) is 6.88. The average molecular weight is 280 g/mol. The number of carbonyl (C=O) groups excluding carboxylic acids is 1. The third kappa shape index (κ3) is 5.69. The monoisotopic (exact) mass is 280 g/mol. The third-order valence-electron chi connectivity index (χ3n) is 2.74. The van der Waals surface area contributed by atoms with Crippen molar-refractivity contribution in [2.45, 2.75) is 45.3 Å². The number of ether oxygens (including phenoxy) is 1. The van der Waals surface area contributed by atoms with Gasteiger partial charge in [-0.1, -0.05) is 0 Å². The predicted octanol–water partition coefficient (Wildman–Crippen LogP) is 1.61. The fourth-order valence-corrected chi connectivity index (χ4v) is 1.59. The summed E-state index contributed by atoms with van der Waals surface area (Å²) in [4.78, 5) is 26.5. The Morgan fingerprint density at radius 1 is 1.50 bits per heavy atom. The summed E-state index contributed by atoms with van der Waals surface area (Å²) in [6.45, 7) is 5.20. The fourth-order valence-electron chi connectivity index (χ4n) is 1.59. The van der Waals surface area contributed by atoms with Crippen molar-refractivity contribution in [3.05, 3.63) is 24.5 Å². The number of carbonyl (C=O) groups is 2. The summed E-state index contributed by atoms with van der Waals surface area (Å²) in [7, 11) is 0. The molecular weight excluding hydrogens is 260 g/mol. The van der Waals surface area contributed by atoms with E-state index in [1.54, 1.807) is 39.1 Å². The van der Waals surface area contributed by atoms with Gasteiger partial charge in [0.05, 0.1) is 6.20 Å². The molecule has 0 saturated carbocycles. The van der Waals surface area contributed by atoms with Crippen molar-refractivity contribution in [1.82, 2.24) is 10.3 Å². The van der Waals surface area contributed by atoms with Crippen molar-refractivity contribution < 1.29 is 19.4 Å². The van der Waals surface area contributed by atoms with E-state index in [-0.39, 0.29) is 12.3 Å². The number of carboxylic acid groups (broad SMARTS) is 1. The Morgan fingerprint density at radius 2 is 2.20 bits per heavy atom. The molecule has 6 nitrogen and oxygen atoms in total. The van der Waals surface area contributed by atoms with Gasteiger partial charge >= 0.3 is 5.97 Å². The standard InChI is InChI=1S/C14H20N2O4/c1-10(20-11-5-4-8-15-9-11)13(19)16-14(2,3)7-6-12(17)18/h4-5,8-10H,6-7H2,1-3H3,(H,16,19)(H,17,18). The Balaban J connectivity index is 2.50. The number of amides is 1. The molecule has 0 aliphatic carbocycles. The van der Waals surface area contributed by atoms with E-state index in [1.807, 2.05) is 0 Å². The molecular formula is C14H20N2O4. The molecule has 110 valence electrons. The maximum atomic E-state index is 12.0. The summed E-state index contributed by atoms with van der Waals surface area (Å²) in [5.41, 5.74) is -0.595. The Bertz CT molecular complexity index is 460. The Hall–Kier alpha value is -2.11. The number of nitrogens with zero attached hydrogens (tertiary/aromatic N) is 1. The van der Waals surface area contributed by atoms with Crippen molar-refractivity contribution in [3.63, 3.8) is 0 Å². The Kier molecular flexibility index (Phi) is 5.49. The van der Waals surface area contributed by atoms with E-state index in [9.17, 15) is 9.59 Å². The molecule has 0 bridgehead atoms. The van der Waals surface area contributed by atoms with Gasteiger partial charge in [0, 0.05) is 18.2 Å². The minimum atomic E-state index is -0.882. The first-order valence-electron chi connectivity index (χ1n) is 6.41. The second-order valence-corrected chi connectivity index (χ2v) is 5.22. The van der Waals surface area contributed by atoms with Gasteiger partial charge in [-0.3, -0.25) is 14.6 Å². The molecule has 1 unspecified atom stereocenters. The number of aromatic nitrogens is 1. The van der Waals surface area contributed by atoms with Crippen LogP contribution < -0.4 is 10.1 Å². The van der Waals surface area contributed by atoms with Crippen molar-refractivity contribution in [2.24, 2.45) is 0 Å². The number of carboxylic acids is 1. The van der Waals surface area contributed by atoms with Crippen molar-refractivity contribution in [2.75, 3.05) is 0 Å². The molecule has 1 aromatic rings. The number of rotatable bonds is 7. The zero-order valence-electron chi connectivity index (χ0n) is 11.9. The lowest BCUT2D eigenvalue weighted by Gasteiger charge is -2.27. The zero-order chi connectivity index (χ0) is 15.2. The molecule has 1 aromatic heterocycles. The lowest BCUT2D eigenvalue weighted by molar-refractivity contribution is -0.138. The molecule has 1 atom stereocenters. The normalized spacial score (nSPS) is 12.6. The van der Waals surface area contributed by atoms with Crippen LogP contribution in [0.15, 0.2) is 24.5 Å². The SMILES string of the molecule is CC(Oc1cccnc1)C(=O)NC(C)(C)CCC(=O)O. The Morgan fingerprint density at radius 3 is 2.75 bits per heavy atom. The van der Waals surface area contributed by atoms with Gasteiger partial charge in [-0.05, 0) is 39.3 Å². The van der Waals surface area contributed by atoms with Gasteiger partial charge in [0.2, 0.25) is 0 Å². The molecule has 0 radical (unpaired) electrons. The lowest BCUT2D eigenvalue weighted by Crippen LogP contribution is -2.48. The summed E-state index contributed by atoms with van der Waals surface area (Å²) in [6.07, 6.45) is 2.83. The Labute approximate surface area is 118 Å². The van der Waals surface area contributed by atoms with Crippen LogP contribution in [0.3, 0.4) is 0 Å². The zero-order valence-corrected chi connectivity index (χ0v) is 11.9. The number of nitrogens with one attached hydrogen (secondary N) is 1. The summed E-state index contributed by atoms with van der Waals surface area (Å²) in [5.74, 6) is -0.658. The summed E-state index contributed by atoms with van der Waals surface area (Å²) in [6, 6.07) is 3.43.